The minimum Gasteiger partial charge on any atom is -0.350 e. The number of hydrogen-bond donors (Lipinski definition) is 1. The number of rotatable bonds is 11. The number of carbonyl (C=O) groups is 2. The topological polar surface area (TPSA) is 90.0 Å². The summed E-state index contributed by atoms with van der Waals surface area (Å²) in [6.07, 6.45) is 0.181. The van der Waals surface area contributed by atoms with Gasteiger partial charge < -0.3 is 10.2 Å². The minimum absolute atomic E-state index is 0.116. The van der Waals surface area contributed by atoms with Gasteiger partial charge in [0.15, 0.2) is 0 Å². The number of anilines is 1. The molecule has 0 saturated heterocycles. The molecular formula is C32H40Cl2N4O4S. The second kappa shape index (κ2) is 14.1. The van der Waals surface area contributed by atoms with Crippen LogP contribution in [0.2, 0.25) is 10.0 Å². The van der Waals surface area contributed by atoms with E-state index in [1.54, 1.807) is 31.2 Å². The van der Waals surface area contributed by atoms with E-state index in [2.05, 4.69) is 5.32 Å². The number of aryl methyl sites for hydroxylation is 2. The van der Waals surface area contributed by atoms with Gasteiger partial charge in [0.05, 0.1) is 5.69 Å². The van der Waals surface area contributed by atoms with Crippen LogP contribution >= 0.6 is 23.2 Å². The molecule has 0 aliphatic heterocycles. The van der Waals surface area contributed by atoms with Crippen LogP contribution in [0.1, 0.15) is 43.0 Å². The van der Waals surface area contributed by atoms with E-state index in [1.807, 2.05) is 70.2 Å². The van der Waals surface area contributed by atoms with Crippen molar-refractivity contribution in [1.29, 1.82) is 0 Å². The standard InChI is InChI=1S/C32H40Cl2N4O4S/c1-22-16-17-23(2)28(18-22)38(43(41,42)36(6)7)21-30(39)37(20-25-26(33)14-11-15-27(25)34)29(31(40)35-32(3,4)5)19-24-12-9-8-10-13-24/h8-18,29H,19-21H2,1-7H3,(H,35,40)/t29-/m0/s1. The van der Waals surface area contributed by atoms with Gasteiger partial charge in [0.2, 0.25) is 11.8 Å². The zero-order valence-corrected chi connectivity index (χ0v) is 28.0. The molecule has 2 amide bonds. The van der Waals surface area contributed by atoms with Crippen molar-refractivity contribution in [3.63, 3.8) is 0 Å². The van der Waals surface area contributed by atoms with E-state index in [0.717, 1.165) is 19.7 Å². The first-order valence-electron chi connectivity index (χ1n) is 13.9. The van der Waals surface area contributed by atoms with E-state index in [-0.39, 0.29) is 18.9 Å². The number of amides is 2. The quantitative estimate of drug-likeness (QED) is 0.286. The van der Waals surface area contributed by atoms with E-state index in [9.17, 15) is 18.0 Å². The first kappa shape index (κ1) is 34.4. The molecule has 0 unspecified atom stereocenters. The second-order valence-electron chi connectivity index (χ2n) is 11.8. The van der Waals surface area contributed by atoms with Crippen molar-refractivity contribution in [3.05, 3.63) is 99.0 Å². The SMILES string of the molecule is Cc1ccc(C)c(N(CC(=O)N(Cc2c(Cl)cccc2Cl)[C@@H](Cc2ccccc2)C(=O)NC(C)(C)C)S(=O)(=O)N(C)C)c1. The molecule has 0 aliphatic carbocycles. The molecule has 0 spiro atoms. The van der Waals surface area contributed by atoms with Gasteiger partial charge in [0, 0.05) is 48.2 Å². The van der Waals surface area contributed by atoms with E-state index < -0.39 is 34.2 Å². The Bertz CT molecular complexity index is 1540. The van der Waals surface area contributed by atoms with Crippen molar-refractivity contribution in [2.45, 2.75) is 59.2 Å². The zero-order valence-electron chi connectivity index (χ0n) is 25.7. The highest BCUT2D eigenvalue weighted by Crippen LogP contribution is 2.29. The van der Waals surface area contributed by atoms with Crippen LogP contribution in [0, 0.1) is 13.8 Å². The predicted molar refractivity (Wildman–Crippen MR) is 175 cm³/mol. The fraction of sp³-hybridized carbons (Fsp3) is 0.375. The van der Waals surface area contributed by atoms with E-state index in [0.29, 0.717) is 26.9 Å². The van der Waals surface area contributed by atoms with Crippen molar-refractivity contribution in [3.8, 4) is 0 Å². The second-order valence-corrected chi connectivity index (χ2v) is 14.6. The molecule has 0 aliphatic rings. The molecule has 1 N–H and O–H groups in total. The van der Waals surface area contributed by atoms with E-state index in [4.69, 9.17) is 23.2 Å². The van der Waals surface area contributed by atoms with Gasteiger partial charge >= 0.3 is 10.2 Å². The molecule has 0 aromatic heterocycles. The van der Waals surface area contributed by atoms with Crippen LogP contribution in [0.15, 0.2) is 66.7 Å². The molecule has 3 rings (SSSR count). The van der Waals surface area contributed by atoms with Gasteiger partial charge in [0.25, 0.3) is 0 Å². The van der Waals surface area contributed by atoms with Crippen molar-refractivity contribution < 1.29 is 18.0 Å². The summed E-state index contributed by atoms with van der Waals surface area (Å²) in [5, 5.41) is 3.65. The molecule has 0 fully saturated rings. The summed E-state index contributed by atoms with van der Waals surface area (Å²) in [5.41, 5.74) is 2.56. The number of nitrogens with one attached hydrogen (secondary N) is 1. The van der Waals surface area contributed by atoms with Crippen LogP contribution in [0.4, 0.5) is 5.69 Å². The molecule has 0 radical (unpaired) electrons. The van der Waals surface area contributed by atoms with Gasteiger partial charge in [-0.1, -0.05) is 71.7 Å². The van der Waals surface area contributed by atoms with Gasteiger partial charge in [-0.2, -0.15) is 12.7 Å². The van der Waals surface area contributed by atoms with Crippen LogP contribution in [0.3, 0.4) is 0 Å². The zero-order chi connectivity index (χ0) is 32.1. The third-order valence-electron chi connectivity index (χ3n) is 6.81. The van der Waals surface area contributed by atoms with Crippen molar-refractivity contribution in [2.75, 3.05) is 24.9 Å². The summed E-state index contributed by atoms with van der Waals surface area (Å²) in [6.45, 7) is 8.53. The maximum Gasteiger partial charge on any atom is 0.304 e. The van der Waals surface area contributed by atoms with Gasteiger partial charge in [-0.25, -0.2) is 4.31 Å². The molecule has 43 heavy (non-hydrogen) atoms. The van der Waals surface area contributed by atoms with Gasteiger partial charge in [0.1, 0.15) is 12.6 Å². The van der Waals surface area contributed by atoms with Crippen molar-refractivity contribution in [2.24, 2.45) is 0 Å². The highest BCUT2D eigenvalue weighted by Gasteiger charge is 2.36. The normalized spacial score (nSPS) is 12.6. The number of hydrogen-bond acceptors (Lipinski definition) is 4. The van der Waals surface area contributed by atoms with Gasteiger partial charge in [-0.05, 0) is 69.5 Å². The van der Waals surface area contributed by atoms with E-state index in [1.165, 1.54) is 19.0 Å². The third kappa shape index (κ3) is 8.95. The molecule has 232 valence electrons. The third-order valence-corrected chi connectivity index (χ3v) is 9.33. The number of carbonyl (C=O) groups excluding carboxylic acids is 2. The Labute approximate surface area is 265 Å². The Morgan fingerprint density at radius 1 is 0.907 bits per heavy atom. The molecule has 0 saturated carbocycles. The summed E-state index contributed by atoms with van der Waals surface area (Å²) in [7, 11) is -1.29. The Kier molecular flexibility index (Phi) is 11.3. The Morgan fingerprint density at radius 3 is 2.07 bits per heavy atom. The molecule has 3 aromatic carbocycles. The van der Waals surface area contributed by atoms with Crippen LogP contribution < -0.4 is 9.62 Å². The minimum atomic E-state index is -4.12. The molecule has 0 heterocycles. The largest absolute Gasteiger partial charge is 0.350 e. The fourth-order valence-corrected chi connectivity index (χ4v) is 6.18. The number of halogens is 2. The summed E-state index contributed by atoms with van der Waals surface area (Å²) in [5.74, 6) is -0.978. The summed E-state index contributed by atoms with van der Waals surface area (Å²) >= 11 is 13.1. The molecule has 0 bridgehead atoms. The average molecular weight is 648 g/mol. The lowest BCUT2D eigenvalue weighted by molar-refractivity contribution is -0.140. The maximum atomic E-state index is 14.5. The van der Waals surface area contributed by atoms with E-state index >= 15 is 0 Å². The first-order chi connectivity index (χ1) is 20.0. The highest BCUT2D eigenvalue weighted by molar-refractivity contribution is 7.90. The van der Waals surface area contributed by atoms with Gasteiger partial charge in [-0.15, -0.1) is 0 Å². The van der Waals surface area contributed by atoms with Crippen LogP contribution in [0.5, 0.6) is 0 Å². The lowest BCUT2D eigenvalue weighted by Gasteiger charge is -2.36. The smallest absolute Gasteiger partial charge is 0.304 e. The molecule has 3 aromatic rings. The van der Waals surface area contributed by atoms with Crippen LogP contribution in [-0.4, -0.2) is 61.7 Å². The molecule has 1 atom stereocenters. The highest BCUT2D eigenvalue weighted by atomic mass is 35.5. The fourth-order valence-electron chi connectivity index (χ4n) is 4.55. The summed E-state index contributed by atoms with van der Waals surface area (Å²) in [6, 6.07) is 18.8. The average Bonchev–Trinajstić information content (AvgIpc) is 2.91. The van der Waals surface area contributed by atoms with Gasteiger partial charge in [-0.3, -0.25) is 9.59 Å². The maximum absolute atomic E-state index is 14.5. The first-order valence-corrected chi connectivity index (χ1v) is 16.0. The van der Waals surface area contributed by atoms with Crippen molar-refractivity contribution >= 4 is 50.9 Å². The Morgan fingerprint density at radius 2 is 1.51 bits per heavy atom. The van der Waals surface area contributed by atoms with Crippen LogP contribution in [0.25, 0.3) is 0 Å². The van der Waals surface area contributed by atoms with Crippen molar-refractivity contribution in [1.82, 2.24) is 14.5 Å². The Hall–Kier alpha value is -3.11. The number of benzene rings is 3. The van der Waals surface area contributed by atoms with Crippen LogP contribution in [-0.2, 0) is 32.8 Å². The number of nitrogens with zero attached hydrogens (tertiary/aromatic N) is 3. The molecule has 8 nitrogen and oxygen atoms in total. The summed E-state index contributed by atoms with van der Waals surface area (Å²) < 4.78 is 29.5. The monoisotopic (exact) mass is 646 g/mol. The predicted octanol–water partition coefficient (Wildman–Crippen LogP) is 5.78. The lowest BCUT2D eigenvalue weighted by Crippen LogP contribution is -2.56. The molecule has 11 heteroatoms. The summed E-state index contributed by atoms with van der Waals surface area (Å²) in [4.78, 5) is 29.8. The lowest BCUT2D eigenvalue weighted by atomic mass is 10.0. The Balaban J connectivity index is 2.19. The molecular weight excluding hydrogens is 607 g/mol.